The van der Waals surface area contributed by atoms with Crippen molar-refractivity contribution in [2.45, 2.75) is 34.3 Å². The third-order valence-electron chi connectivity index (χ3n) is 3.91. The normalized spacial score (nSPS) is 10.8. The SMILES string of the molecule is Cc1nc(C)c(COC(=O)c2cnn(-c3ccccc3C)c2C)s1. The maximum atomic E-state index is 12.4. The van der Waals surface area contributed by atoms with Crippen LogP contribution in [0.5, 0.6) is 0 Å². The summed E-state index contributed by atoms with van der Waals surface area (Å²) in [5, 5.41) is 5.32. The van der Waals surface area contributed by atoms with Crippen LogP contribution in [0.25, 0.3) is 5.69 Å². The van der Waals surface area contributed by atoms with Crippen LogP contribution >= 0.6 is 11.3 Å². The summed E-state index contributed by atoms with van der Waals surface area (Å²) in [5.74, 6) is -0.363. The minimum Gasteiger partial charge on any atom is -0.456 e. The van der Waals surface area contributed by atoms with Crippen molar-refractivity contribution in [3.63, 3.8) is 0 Å². The monoisotopic (exact) mass is 341 g/mol. The van der Waals surface area contributed by atoms with Crippen LogP contribution in [-0.2, 0) is 11.3 Å². The predicted octanol–water partition coefficient (Wildman–Crippen LogP) is 3.92. The molecule has 0 atom stereocenters. The van der Waals surface area contributed by atoms with Crippen molar-refractivity contribution in [3.05, 3.63) is 62.9 Å². The zero-order valence-corrected chi connectivity index (χ0v) is 15.0. The van der Waals surface area contributed by atoms with Gasteiger partial charge >= 0.3 is 5.97 Å². The third kappa shape index (κ3) is 3.10. The lowest BCUT2D eigenvalue weighted by atomic mass is 10.2. The summed E-state index contributed by atoms with van der Waals surface area (Å²) in [7, 11) is 0. The molecule has 2 aromatic heterocycles. The van der Waals surface area contributed by atoms with E-state index in [0.29, 0.717) is 5.56 Å². The summed E-state index contributed by atoms with van der Waals surface area (Å²) >= 11 is 1.55. The molecule has 0 unspecified atom stereocenters. The lowest BCUT2D eigenvalue weighted by molar-refractivity contribution is 0.0475. The number of para-hydroxylation sites is 1. The zero-order valence-electron chi connectivity index (χ0n) is 14.2. The molecule has 0 saturated heterocycles. The Morgan fingerprint density at radius 3 is 2.62 bits per heavy atom. The number of thiazole rings is 1. The summed E-state index contributed by atoms with van der Waals surface area (Å²) in [4.78, 5) is 17.7. The lowest BCUT2D eigenvalue weighted by Gasteiger charge is -2.08. The first-order valence-electron chi connectivity index (χ1n) is 7.68. The molecule has 0 saturated carbocycles. The van der Waals surface area contributed by atoms with Gasteiger partial charge < -0.3 is 4.74 Å². The van der Waals surface area contributed by atoms with Gasteiger partial charge in [0.05, 0.1) is 33.2 Å². The van der Waals surface area contributed by atoms with Crippen LogP contribution in [0.15, 0.2) is 30.5 Å². The first-order valence-corrected chi connectivity index (χ1v) is 8.49. The highest BCUT2D eigenvalue weighted by Gasteiger charge is 2.18. The number of esters is 1. The molecular formula is C18H19N3O2S. The standard InChI is InChI=1S/C18H19N3O2S/c1-11-7-5-6-8-16(11)21-13(3)15(9-19-21)18(22)23-10-17-12(2)20-14(4)24-17/h5-9H,10H2,1-4H3. The number of benzene rings is 1. The predicted molar refractivity (Wildman–Crippen MR) is 93.7 cm³/mol. The molecule has 0 amide bonds. The molecule has 0 aliphatic rings. The molecule has 0 N–H and O–H groups in total. The largest absolute Gasteiger partial charge is 0.456 e. The second-order valence-electron chi connectivity index (χ2n) is 5.66. The van der Waals surface area contributed by atoms with Gasteiger partial charge in [0, 0.05) is 0 Å². The van der Waals surface area contributed by atoms with Gasteiger partial charge in [-0.3, -0.25) is 0 Å². The Labute approximate surface area is 144 Å². The van der Waals surface area contributed by atoms with Gasteiger partial charge in [0.1, 0.15) is 12.2 Å². The summed E-state index contributed by atoms with van der Waals surface area (Å²) < 4.78 is 7.22. The van der Waals surface area contributed by atoms with E-state index >= 15 is 0 Å². The van der Waals surface area contributed by atoms with Crippen molar-refractivity contribution < 1.29 is 9.53 Å². The number of carbonyl (C=O) groups excluding carboxylic acids is 1. The summed E-state index contributed by atoms with van der Waals surface area (Å²) in [5.41, 5.74) is 4.23. The van der Waals surface area contributed by atoms with Crippen molar-refractivity contribution in [1.82, 2.24) is 14.8 Å². The molecule has 3 aromatic rings. The number of rotatable bonds is 4. The van der Waals surface area contributed by atoms with E-state index in [9.17, 15) is 4.79 Å². The molecule has 24 heavy (non-hydrogen) atoms. The van der Waals surface area contributed by atoms with Gasteiger partial charge in [-0.2, -0.15) is 5.10 Å². The molecule has 0 radical (unpaired) electrons. The van der Waals surface area contributed by atoms with Crippen molar-refractivity contribution in [3.8, 4) is 5.69 Å². The summed E-state index contributed by atoms with van der Waals surface area (Å²) in [6.07, 6.45) is 1.56. The summed E-state index contributed by atoms with van der Waals surface area (Å²) in [6, 6.07) is 7.93. The maximum Gasteiger partial charge on any atom is 0.342 e. The fourth-order valence-electron chi connectivity index (χ4n) is 2.57. The average Bonchev–Trinajstić information content (AvgIpc) is 3.08. The molecule has 0 bridgehead atoms. The van der Waals surface area contributed by atoms with Gasteiger partial charge in [0.25, 0.3) is 0 Å². The van der Waals surface area contributed by atoms with Crippen LogP contribution < -0.4 is 0 Å². The van der Waals surface area contributed by atoms with Crippen LogP contribution in [0, 0.1) is 27.7 Å². The number of hydrogen-bond acceptors (Lipinski definition) is 5. The zero-order chi connectivity index (χ0) is 17.3. The van der Waals surface area contributed by atoms with Gasteiger partial charge in [-0.05, 0) is 39.3 Å². The van der Waals surface area contributed by atoms with Crippen LogP contribution in [0.1, 0.15) is 37.2 Å². The smallest absolute Gasteiger partial charge is 0.342 e. The van der Waals surface area contributed by atoms with E-state index < -0.39 is 0 Å². The molecule has 124 valence electrons. The Morgan fingerprint density at radius 2 is 1.96 bits per heavy atom. The molecule has 2 heterocycles. The van der Waals surface area contributed by atoms with E-state index in [1.54, 1.807) is 22.2 Å². The van der Waals surface area contributed by atoms with Gasteiger partial charge in [0.2, 0.25) is 0 Å². The lowest BCUT2D eigenvalue weighted by Crippen LogP contribution is -2.08. The Morgan fingerprint density at radius 1 is 1.21 bits per heavy atom. The second-order valence-corrected chi connectivity index (χ2v) is 6.95. The van der Waals surface area contributed by atoms with Gasteiger partial charge in [0.15, 0.2) is 0 Å². The first-order chi connectivity index (χ1) is 11.5. The third-order valence-corrected chi connectivity index (χ3v) is 4.95. The van der Waals surface area contributed by atoms with Crippen LogP contribution in [0.2, 0.25) is 0 Å². The van der Waals surface area contributed by atoms with Crippen molar-refractivity contribution in [1.29, 1.82) is 0 Å². The van der Waals surface area contributed by atoms with E-state index in [0.717, 1.165) is 32.5 Å². The maximum absolute atomic E-state index is 12.4. The van der Waals surface area contributed by atoms with Gasteiger partial charge in [-0.15, -0.1) is 11.3 Å². The quantitative estimate of drug-likeness (QED) is 0.675. The highest BCUT2D eigenvalue weighted by atomic mass is 32.1. The van der Waals surface area contributed by atoms with Crippen molar-refractivity contribution in [2.24, 2.45) is 0 Å². The summed E-state index contributed by atoms with van der Waals surface area (Å²) in [6.45, 7) is 8.00. The number of hydrogen-bond donors (Lipinski definition) is 0. The van der Waals surface area contributed by atoms with E-state index in [2.05, 4.69) is 10.1 Å². The molecule has 0 aliphatic carbocycles. The Kier molecular flexibility index (Phi) is 4.49. The average molecular weight is 341 g/mol. The molecule has 0 spiro atoms. The number of aryl methyl sites for hydroxylation is 3. The van der Waals surface area contributed by atoms with E-state index in [1.165, 1.54) is 0 Å². The van der Waals surface area contributed by atoms with E-state index in [-0.39, 0.29) is 12.6 Å². The molecule has 0 aliphatic heterocycles. The van der Waals surface area contributed by atoms with Crippen molar-refractivity contribution >= 4 is 17.3 Å². The van der Waals surface area contributed by atoms with Crippen LogP contribution in [-0.4, -0.2) is 20.7 Å². The highest BCUT2D eigenvalue weighted by molar-refractivity contribution is 7.11. The fourth-order valence-corrected chi connectivity index (χ4v) is 3.42. The fraction of sp³-hybridized carbons (Fsp3) is 0.278. The van der Waals surface area contributed by atoms with Gasteiger partial charge in [-0.1, -0.05) is 18.2 Å². The molecule has 1 aromatic carbocycles. The minimum atomic E-state index is -0.363. The number of nitrogens with zero attached hydrogens (tertiary/aromatic N) is 3. The Balaban J connectivity index is 1.79. The Bertz CT molecular complexity index is 896. The molecule has 3 rings (SSSR count). The molecule has 0 fully saturated rings. The van der Waals surface area contributed by atoms with Crippen LogP contribution in [0.4, 0.5) is 0 Å². The van der Waals surface area contributed by atoms with Crippen molar-refractivity contribution in [2.75, 3.05) is 0 Å². The molecule has 6 heteroatoms. The number of carbonyl (C=O) groups is 1. The molecule has 5 nitrogen and oxygen atoms in total. The number of aromatic nitrogens is 3. The van der Waals surface area contributed by atoms with Crippen LogP contribution in [0.3, 0.4) is 0 Å². The topological polar surface area (TPSA) is 57.0 Å². The molecular weight excluding hydrogens is 322 g/mol. The number of ether oxygens (including phenoxy) is 1. The second kappa shape index (κ2) is 6.57. The van der Waals surface area contributed by atoms with E-state index in [1.807, 2.05) is 52.0 Å². The van der Waals surface area contributed by atoms with E-state index in [4.69, 9.17) is 4.74 Å². The Hall–Kier alpha value is -2.47. The highest BCUT2D eigenvalue weighted by Crippen LogP contribution is 2.21. The minimum absolute atomic E-state index is 0.241. The first kappa shape index (κ1) is 16.4. The van der Waals surface area contributed by atoms with Gasteiger partial charge in [-0.25, -0.2) is 14.5 Å².